The summed E-state index contributed by atoms with van der Waals surface area (Å²) in [5, 5.41) is 11.4. The zero-order valence-electron chi connectivity index (χ0n) is 10.7. The van der Waals surface area contributed by atoms with Crippen LogP contribution in [0, 0.1) is 23.0 Å². The van der Waals surface area contributed by atoms with Crippen LogP contribution >= 0.6 is 0 Å². The van der Waals surface area contributed by atoms with Gasteiger partial charge in [-0.05, 0) is 25.5 Å². The lowest BCUT2D eigenvalue weighted by Crippen LogP contribution is -2.46. The normalized spacial score (nSPS) is 13.2. The number of carbonyl (C=O) groups is 1. The number of carbonyl (C=O) groups excluding carboxylic acids is 1. The highest BCUT2D eigenvalue weighted by Gasteiger charge is 2.23. The summed E-state index contributed by atoms with van der Waals surface area (Å²) in [5.41, 5.74) is -0.984. The molecule has 0 unspecified atom stereocenters. The molecule has 4 nitrogen and oxygen atoms in total. The molecule has 102 valence electrons. The highest BCUT2D eigenvalue weighted by atomic mass is 19.1. The molecular weight excluding hydrogens is 254 g/mol. The summed E-state index contributed by atoms with van der Waals surface area (Å²) in [5.74, 6) is -2.37. The third-order valence-corrected chi connectivity index (χ3v) is 2.62. The lowest BCUT2D eigenvalue weighted by Gasteiger charge is -2.21. The van der Waals surface area contributed by atoms with Crippen LogP contribution in [0.4, 0.5) is 8.78 Å². The molecule has 1 aromatic rings. The van der Waals surface area contributed by atoms with E-state index in [1.54, 1.807) is 13.8 Å². The van der Waals surface area contributed by atoms with Gasteiger partial charge < -0.3 is 10.1 Å². The van der Waals surface area contributed by atoms with Crippen LogP contribution in [0.3, 0.4) is 0 Å². The minimum atomic E-state index is -0.984. The monoisotopic (exact) mass is 268 g/mol. The van der Waals surface area contributed by atoms with E-state index < -0.39 is 29.7 Å². The molecule has 0 fully saturated rings. The van der Waals surface area contributed by atoms with Crippen molar-refractivity contribution < 1.29 is 18.3 Å². The van der Waals surface area contributed by atoms with Gasteiger partial charge in [-0.25, -0.2) is 8.78 Å². The molecule has 6 heteroatoms. The average molecular weight is 268 g/mol. The quantitative estimate of drug-likeness (QED) is 0.890. The van der Waals surface area contributed by atoms with Crippen molar-refractivity contribution in [1.29, 1.82) is 5.26 Å². The standard InChI is InChI=1S/C13H14F2N2O2/c1-3-13(2,8-16)17-12(18)7-19-11-5-4-9(14)6-10(11)15/h4-6H,3,7H2,1-2H3,(H,17,18)/t13-/m0/s1. The molecule has 0 aliphatic carbocycles. The zero-order chi connectivity index (χ0) is 14.5. The van der Waals surface area contributed by atoms with Crippen molar-refractivity contribution in [2.75, 3.05) is 6.61 Å². The van der Waals surface area contributed by atoms with Crippen LogP contribution in [-0.2, 0) is 4.79 Å². The minimum Gasteiger partial charge on any atom is -0.481 e. The third-order valence-electron chi connectivity index (χ3n) is 2.62. The Bertz CT molecular complexity index is 514. The SMILES string of the molecule is CC[C@@](C)(C#N)NC(=O)COc1ccc(F)cc1F. The van der Waals surface area contributed by atoms with E-state index >= 15 is 0 Å². The Kier molecular flexibility index (Phi) is 4.81. The van der Waals surface area contributed by atoms with E-state index in [2.05, 4.69) is 5.32 Å². The molecule has 1 atom stereocenters. The molecule has 1 aromatic carbocycles. The van der Waals surface area contributed by atoms with Crippen molar-refractivity contribution in [2.45, 2.75) is 25.8 Å². The summed E-state index contributed by atoms with van der Waals surface area (Å²) in [4.78, 5) is 11.5. The van der Waals surface area contributed by atoms with Crippen LogP contribution in [0.15, 0.2) is 18.2 Å². The van der Waals surface area contributed by atoms with Crippen molar-refractivity contribution in [2.24, 2.45) is 0 Å². The summed E-state index contributed by atoms with van der Waals surface area (Å²) in [6.07, 6.45) is 0.431. The molecule has 0 spiro atoms. The molecule has 0 saturated heterocycles. The van der Waals surface area contributed by atoms with Gasteiger partial charge in [0.05, 0.1) is 6.07 Å². The van der Waals surface area contributed by atoms with E-state index in [0.29, 0.717) is 12.5 Å². The van der Waals surface area contributed by atoms with Crippen molar-refractivity contribution in [3.8, 4) is 11.8 Å². The Hall–Kier alpha value is -2.16. The fourth-order valence-electron chi connectivity index (χ4n) is 1.27. The Balaban J connectivity index is 2.58. The van der Waals surface area contributed by atoms with Crippen LogP contribution in [0.25, 0.3) is 0 Å². The van der Waals surface area contributed by atoms with E-state index in [1.165, 1.54) is 0 Å². The van der Waals surface area contributed by atoms with Gasteiger partial charge in [-0.2, -0.15) is 5.26 Å². The molecule has 1 N–H and O–H groups in total. The number of amides is 1. The van der Waals surface area contributed by atoms with Gasteiger partial charge in [-0.15, -0.1) is 0 Å². The van der Waals surface area contributed by atoms with Crippen LogP contribution in [0.2, 0.25) is 0 Å². The Morgan fingerprint density at radius 1 is 1.53 bits per heavy atom. The summed E-state index contributed by atoms with van der Waals surface area (Å²) >= 11 is 0. The smallest absolute Gasteiger partial charge is 0.259 e. The van der Waals surface area contributed by atoms with Gasteiger partial charge in [0.25, 0.3) is 5.91 Å². The first-order valence-electron chi connectivity index (χ1n) is 5.70. The second kappa shape index (κ2) is 6.14. The first-order valence-corrected chi connectivity index (χ1v) is 5.70. The third kappa shape index (κ3) is 4.21. The maximum atomic E-state index is 13.2. The summed E-state index contributed by atoms with van der Waals surface area (Å²) < 4.78 is 30.8. The zero-order valence-corrected chi connectivity index (χ0v) is 10.7. The van der Waals surface area contributed by atoms with Crippen LogP contribution in [0.5, 0.6) is 5.75 Å². The molecule has 1 amide bonds. The van der Waals surface area contributed by atoms with Crippen LogP contribution in [-0.4, -0.2) is 18.1 Å². The summed E-state index contributed by atoms with van der Waals surface area (Å²) in [6.45, 7) is 2.88. The van der Waals surface area contributed by atoms with Crippen molar-refractivity contribution in [3.63, 3.8) is 0 Å². The number of rotatable bonds is 5. The predicted octanol–water partition coefficient (Wildman–Crippen LogP) is 2.15. The number of nitriles is 1. The molecular formula is C13H14F2N2O2. The van der Waals surface area contributed by atoms with Gasteiger partial charge in [0, 0.05) is 6.07 Å². The van der Waals surface area contributed by atoms with Crippen LogP contribution in [0.1, 0.15) is 20.3 Å². The fourth-order valence-corrected chi connectivity index (χ4v) is 1.27. The molecule has 0 aliphatic rings. The van der Waals surface area contributed by atoms with Gasteiger partial charge >= 0.3 is 0 Å². The summed E-state index contributed by atoms with van der Waals surface area (Å²) in [7, 11) is 0. The lowest BCUT2D eigenvalue weighted by atomic mass is 10.0. The topological polar surface area (TPSA) is 62.1 Å². The molecule has 1 rings (SSSR count). The Morgan fingerprint density at radius 3 is 2.74 bits per heavy atom. The van der Waals surface area contributed by atoms with Gasteiger partial charge in [-0.3, -0.25) is 4.79 Å². The van der Waals surface area contributed by atoms with E-state index in [4.69, 9.17) is 10.00 Å². The minimum absolute atomic E-state index is 0.216. The van der Waals surface area contributed by atoms with Crippen molar-refractivity contribution in [1.82, 2.24) is 5.32 Å². The molecule has 0 aliphatic heterocycles. The molecule has 0 bridgehead atoms. The molecule has 0 aromatic heterocycles. The van der Waals surface area contributed by atoms with Crippen molar-refractivity contribution in [3.05, 3.63) is 29.8 Å². The maximum Gasteiger partial charge on any atom is 0.259 e. The van der Waals surface area contributed by atoms with Gasteiger partial charge in [0.15, 0.2) is 18.2 Å². The predicted molar refractivity (Wildman–Crippen MR) is 64.3 cm³/mol. The average Bonchev–Trinajstić information content (AvgIpc) is 2.37. The number of hydrogen-bond donors (Lipinski definition) is 1. The van der Waals surface area contributed by atoms with E-state index in [9.17, 15) is 13.6 Å². The second-order valence-electron chi connectivity index (χ2n) is 4.21. The fraction of sp³-hybridized carbons (Fsp3) is 0.385. The number of benzene rings is 1. The van der Waals surface area contributed by atoms with E-state index in [0.717, 1.165) is 12.1 Å². The number of nitrogens with zero attached hydrogens (tertiary/aromatic N) is 1. The number of hydrogen-bond acceptors (Lipinski definition) is 3. The highest BCUT2D eigenvalue weighted by molar-refractivity contribution is 5.78. The second-order valence-corrected chi connectivity index (χ2v) is 4.21. The van der Waals surface area contributed by atoms with Crippen LogP contribution < -0.4 is 10.1 Å². The maximum absolute atomic E-state index is 13.2. The summed E-state index contributed by atoms with van der Waals surface area (Å²) in [6, 6.07) is 4.76. The number of halogens is 2. The number of ether oxygens (including phenoxy) is 1. The molecule has 19 heavy (non-hydrogen) atoms. The van der Waals surface area contributed by atoms with Gasteiger partial charge in [-0.1, -0.05) is 6.92 Å². The number of nitrogens with one attached hydrogen (secondary N) is 1. The molecule has 0 heterocycles. The first kappa shape index (κ1) is 14.9. The van der Waals surface area contributed by atoms with Gasteiger partial charge in [0.2, 0.25) is 0 Å². The van der Waals surface area contributed by atoms with E-state index in [1.807, 2.05) is 6.07 Å². The molecule has 0 saturated carbocycles. The van der Waals surface area contributed by atoms with Crippen molar-refractivity contribution >= 4 is 5.91 Å². The van der Waals surface area contributed by atoms with Gasteiger partial charge in [0.1, 0.15) is 11.4 Å². The first-order chi connectivity index (χ1) is 8.90. The largest absolute Gasteiger partial charge is 0.481 e. The lowest BCUT2D eigenvalue weighted by molar-refractivity contribution is -0.124. The highest BCUT2D eigenvalue weighted by Crippen LogP contribution is 2.17. The van der Waals surface area contributed by atoms with E-state index in [-0.39, 0.29) is 5.75 Å². The Labute approximate surface area is 110 Å². The Morgan fingerprint density at radius 2 is 2.21 bits per heavy atom. The molecule has 0 radical (unpaired) electrons.